The van der Waals surface area contributed by atoms with Crippen LogP contribution in [0, 0.1) is 5.92 Å². The Balaban J connectivity index is 2.07. The molecule has 0 aromatic carbocycles. The summed E-state index contributed by atoms with van der Waals surface area (Å²) in [6, 6.07) is 2.10. The van der Waals surface area contributed by atoms with Gasteiger partial charge in [-0.15, -0.1) is 0 Å². The highest BCUT2D eigenvalue weighted by Gasteiger charge is 2.26. The van der Waals surface area contributed by atoms with Crippen LogP contribution in [0.2, 0.25) is 0 Å². The lowest BCUT2D eigenvalue weighted by atomic mass is 9.84. The van der Waals surface area contributed by atoms with E-state index in [1.165, 1.54) is 12.8 Å². The molecule has 4 nitrogen and oxygen atoms in total. The van der Waals surface area contributed by atoms with E-state index in [1.54, 1.807) is 0 Å². The third-order valence-electron chi connectivity index (χ3n) is 3.96. The molecule has 0 aliphatic heterocycles. The normalized spacial score (nSPS) is 23.3. The first-order chi connectivity index (χ1) is 9.15. The third kappa shape index (κ3) is 3.39. The number of nitrogens with two attached hydrogens (primary N) is 1. The summed E-state index contributed by atoms with van der Waals surface area (Å²) in [5.74, 6) is 0.434. The second kappa shape index (κ2) is 6.57. The number of hydrogen-bond donors (Lipinski definition) is 2. The van der Waals surface area contributed by atoms with Crippen LogP contribution in [0.1, 0.15) is 43.1 Å². The van der Waals surface area contributed by atoms with Crippen LogP contribution in [0.3, 0.4) is 0 Å². The number of nitrogens with one attached hydrogen (secondary N) is 1. The van der Waals surface area contributed by atoms with Crippen LogP contribution in [0.25, 0.3) is 0 Å². The maximum absolute atomic E-state index is 12.4. The number of aryl methyl sites for hydroxylation is 1. The lowest BCUT2D eigenvalue weighted by Gasteiger charge is -2.31. The van der Waals surface area contributed by atoms with Crippen molar-refractivity contribution in [2.75, 3.05) is 6.54 Å². The Hall–Kier alpha value is -0.810. The molecule has 2 rings (SSSR count). The van der Waals surface area contributed by atoms with Crippen molar-refractivity contribution in [3.8, 4) is 0 Å². The molecule has 106 valence electrons. The van der Waals surface area contributed by atoms with Crippen molar-refractivity contribution in [3.63, 3.8) is 0 Å². The highest BCUT2D eigenvalue weighted by molar-refractivity contribution is 9.10. The minimum Gasteiger partial charge on any atom is -0.348 e. The van der Waals surface area contributed by atoms with E-state index < -0.39 is 0 Å². The molecule has 1 amide bonds. The minimum absolute atomic E-state index is 0.0119. The fraction of sp³-hybridized carbons (Fsp3) is 0.643. The quantitative estimate of drug-likeness (QED) is 0.892. The van der Waals surface area contributed by atoms with E-state index in [0.717, 1.165) is 29.6 Å². The van der Waals surface area contributed by atoms with Gasteiger partial charge in [-0.1, -0.05) is 12.8 Å². The molecule has 2 unspecified atom stereocenters. The molecule has 2 atom stereocenters. The van der Waals surface area contributed by atoms with Crippen molar-refractivity contribution < 1.29 is 4.79 Å². The number of hydrogen-bond acceptors (Lipinski definition) is 2. The van der Waals surface area contributed by atoms with Crippen molar-refractivity contribution in [2.24, 2.45) is 11.7 Å². The van der Waals surface area contributed by atoms with Crippen LogP contribution in [0.15, 0.2) is 16.7 Å². The first-order valence-corrected chi connectivity index (χ1v) is 7.81. The highest BCUT2D eigenvalue weighted by Crippen LogP contribution is 2.24. The van der Waals surface area contributed by atoms with Crippen LogP contribution < -0.4 is 11.1 Å². The number of halogens is 1. The predicted molar refractivity (Wildman–Crippen MR) is 80.1 cm³/mol. The number of nitrogens with zero attached hydrogens (tertiary/aromatic N) is 1. The maximum Gasteiger partial charge on any atom is 0.268 e. The van der Waals surface area contributed by atoms with Gasteiger partial charge in [0.05, 0.1) is 0 Å². The average molecular weight is 328 g/mol. The van der Waals surface area contributed by atoms with Gasteiger partial charge in [0.15, 0.2) is 0 Å². The number of carbonyl (C=O) groups excluding carboxylic acids is 1. The molecule has 5 heteroatoms. The molecule has 1 saturated carbocycles. The summed E-state index contributed by atoms with van der Waals surface area (Å²) in [5, 5.41) is 3.16. The highest BCUT2D eigenvalue weighted by atomic mass is 79.9. The Morgan fingerprint density at radius 2 is 2.26 bits per heavy atom. The van der Waals surface area contributed by atoms with Gasteiger partial charge < -0.3 is 15.6 Å². The zero-order valence-electron chi connectivity index (χ0n) is 11.4. The SMILES string of the molecule is CCn1cc(Br)cc1C(=O)NC1CCCCC1CN. The zero-order valence-corrected chi connectivity index (χ0v) is 12.9. The van der Waals surface area contributed by atoms with E-state index in [0.29, 0.717) is 12.5 Å². The lowest BCUT2D eigenvalue weighted by molar-refractivity contribution is 0.0898. The molecular formula is C14H22BrN3O. The summed E-state index contributed by atoms with van der Waals surface area (Å²) in [7, 11) is 0. The second-order valence-electron chi connectivity index (χ2n) is 5.19. The summed E-state index contributed by atoms with van der Waals surface area (Å²) < 4.78 is 2.90. The maximum atomic E-state index is 12.4. The van der Waals surface area contributed by atoms with Gasteiger partial charge in [0, 0.05) is 23.3 Å². The van der Waals surface area contributed by atoms with E-state index >= 15 is 0 Å². The number of amides is 1. The summed E-state index contributed by atoms with van der Waals surface area (Å²) in [5.41, 5.74) is 6.52. The molecule has 0 radical (unpaired) electrons. The molecule has 0 bridgehead atoms. The van der Waals surface area contributed by atoms with E-state index in [1.807, 2.05) is 23.8 Å². The fourth-order valence-electron chi connectivity index (χ4n) is 2.85. The van der Waals surface area contributed by atoms with Gasteiger partial charge in [-0.05, 0) is 54.2 Å². The topological polar surface area (TPSA) is 60.0 Å². The molecule has 1 fully saturated rings. The Bertz CT molecular complexity index is 444. The van der Waals surface area contributed by atoms with Crippen molar-refractivity contribution in [1.29, 1.82) is 0 Å². The van der Waals surface area contributed by atoms with Gasteiger partial charge in [0.1, 0.15) is 5.69 Å². The van der Waals surface area contributed by atoms with Crippen LogP contribution in [0.4, 0.5) is 0 Å². The summed E-state index contributed by atoms with van der Waals surface area (Å²) in [6.07, 6.45) is 6.52. The van der Waals surface area contributed by atoms with Gasteiger partial charge >= 0.3 is 0 Å². The van der Waals surface area contributed by atoms with E-state index in [4.69, 9.17) is 5.73 Å². The smallest absolute Gasteiger partial charge is 0.268 e. The third-order valence-corrected chi connectivity index (χ3v) is 4.40. The van der Waals surface area contributed by atoms with Crippen LogP contribution in [-0.4, -0.2) is 23.1 Å². The molecule has 1 heterocycles. The van der Waals surface area contributed by atoms with Crippen LogP contribution in [-0.2, 0) is 6.54 Å². The number of rotatable bonds is 4. The lowest BCUT2D eigenvalue weighted by Crippen LogP contribution is -2.45. The number of aromatic nitrogens is 1. The number of carbonyl (C=O) groups is 1. The molecule has 1 aromatic heterocycles. The second-order valence-corrected chi connectivity index (χ2v) is 6.11. The standard InChI is InChI=1S/C14H22BrN3O/c1-2-18-9-11(15)7-13(18)14(19)17-12-6-4-3-5-10(12)8-16/h7,9-10,12H,2-6,8,16H2,1H3,(H,17,19). The first-order valence-electron chi connectivity index (χ1n) is 7.02. The fourth-order valence-corrected chi connectivity index (χ4v) is 3.31. The predicted octanol–water partition coefficient (Wildman–Crippen LogP) is 2.52. The van der Waals surface area contributed by atoms with E-state index in [2.05, 4.69) is 21.2 Å². The molecule has 1 aliphatic rings. The van der Waals surface area contributed by atoms with Crippen molar-refractivity contribution in [2.45, 2.75) is 45.2 Å². The average Bonchev–Trinajstić information content (AvgIpc) is 2.80. The summed E-state index contributed by atoms with van der Waals surface area (Å²) in [6.45, 7) is 3.48. The van der Waals surface area contributed by atoms with E-state index in [-0.39, 0.29) is 11.9 Å². The van der Waals surface area contributed by atoms with E-state index in [9.17, 15) is 4.79 Å². The monoisotopic (exact) mass is 327 g/mol. The molecule has 19 heavy (non-hydrogen) atoms. The van der Waals surface area contributed by atoms with Crippen LogP contribution in [0.5, 0.6) is 0 Å². The van der Waals surface area contributed by atoms with Crippen molar-refractivity contribution in [3.05, 3.63) is 22.4 Å². The Morgan fingerprint density at radius 3 is 2.95 bits per heavy atom. The molecule has 1 aliphatic carbocycles. The zero-order chi connectivity index (χ0) is 13.8. The van der Waals surface area contributed by atoms with Gasteiger partial charge in [-0.2, -0.15) is 0 Å². The van der Waals surface area contributed by atoms with Crippen molar-refractivity contribution in [1.82, 2.24) is 9.88 Å². The molecule has 0 saturated heterocycles. The molecule has 1 aromatic rings. The molecular weight excluding hydrogens is 306 g/mol. The summed E-state index contributed by atoms with van der Waals surface area (Å²) in [4.78, 5) is 12.4. The first kappa shape index (κ1) is 14.6. The van der Waals surface area contributed by atoms with Gasteiger partial charge in [-0.3, -0.25) is 4.79 Å². The molecule has 3 N–H and O–H groups in total. The minimum atomic E-state index is 0.0119. The van der Waals surface area contributed by atoms with Gasteiger partial charge in [0.2, 0.25) is 0 Å². The largest absolute Gasteiger partial charge is 0.348 e. The van der Waals surface area contributed by atoms with Gasteiger partial charge in [-0.25, -0.2) is 0 Å². The Labute approximate surface area is 122 Å². The summed E-state index contributed by atoms with van der Waals surface area (Å²) >= 11 is 3.42. The Kier molecular flexibility index (Phi) is 5.05. The van der Waals surface area contributed by atoms with Crippen LogP contribution >= 0.6 is 15.9 Å². The Morgan fingerprint density at radius 1 is 1.53 bits per heavy atom. The molecule has 0 spiro atoms. The van der Waals surface area contributed by atoms with Crippen molar-refractivity contribution >= 4 is 21.8 Å². The van der Waals surface area contributed by atoms with Gasteiger partial charge in [0.25, 0.3) is 5.91 Å².